The van der Waals surface area contributed by atoms with Crippen LogP contribution in [-0.2, 0) is 0 Å². The molecule has 0 radical (unpaired) electrons. The Kier molecular flexibility index (Phi) is 5.16. The topological polar surface area (TPSA) is 59.1 Å². The largest absolute Gasteiger partial charge is 0.494 e. The highest BCUT2D eigenvalue weighted by Crippen LogP contribution is 2.26. The first-order valence-electron chi connectivity index (χ1n) is 6.51. The molecular weight excluding hydrogens is 295 g/mol. The zero-order valence-corrected chi connectivity index (χ0v) is 12.5. The first kappa shape index (κ1) is 15.3. The van der Waals surface area contributed by atoms with Crippen LogP contribution in [0.5, 0.6) is 5.75 Å². The van der Waals surface area contributed by atoms with Gasteiger partial charge >= 0.3 is 0 Å². The molecule has 21 heavy (non-hydrogen) atoms. The van der Waals surface area contributed by atoms with Crippen LogP contribution in [0.25, 0.3) is 0 Å². The lowest BCUT2D eigenvalue weighted by Crippen LogP contribution is -2.06. The Morgan fingerprint density at radius 3 is 2.86 bits per heavy atom. The summed E-state index contributed by atoms with van der Waals surface area (Å²) in [6.45, 7) is 2.81. The summed E-state index contributed by atoms with van der Waals surface area (Å²) in [4.78, 5) is 8.33. The van der Waals surface area contributed by atoms with E-state index in [1.54, 1.807) is 6.07 Å². The fourth-order valence-corrected chi connectivity index (χ4v) is 1.80. The summed E-state index contributed by atoms with van der Waals surface area (Å²) < 4.78 is 18.5. The van der Waals surface area contributed by atoms with E-state index in [2.05, 4.69) is 20.6 Å². The minimum absolute atomic E-state index is 0.180. The van der Waals surface area contributed by atoms with Gasteiger partial charge in [0.25, 0.3) is 0 Å². The maximum atomic E-state index is 13.7. The van der Waals surface area contributed by atoms with Crippen LogP contribution in [0.15, 0.2) is 24.4 Å². The molecule has 0 atom stereocenters. The Bertz CT molecular complexity index is 624. The number of ether oxygens (including phenoxy) is 1. The summed E-state index contributed by atoms with van der Waals surface area (Å²) >= 11 is 6.04. The second-order valence-electron chi connectivity index (χ2n) is 4.29. The number of rotatable bonds is 6. The van der Waals surface area contributed by atoms with E-state index >= 15 is 0 Å². The molecule has 0 fully saturated rings. The molecule has 0 aliphatic rings. The summed E-state index contributed by atoms with van der Waals surface area (Å²) in [5.41, 5.74) is 0.523. The van der Waals surface area contributed by atoms with E-state index in [0.29, 0.717) is 22.5 Å². The predicted octanol–water partition coefficient (Wildman–Crippen LogP) is 3.84. The van der Waals surface area contributed by atoms with Gasteiger partial charge in [0, 0.05) is 18.3 Å². The van der Waals surface area contributed by atoms with Gasteiger partial charge in [-0.1, -0.05) is 18.5 Å². The third-order valence-corrected chi connectivity index (χ3v) is 2.97. The van der Waals surface area contributed by atoms with E-state index in [0.717, 1.165) is 13.0 Å². The van der Waals surface area contributed by atoms with Crippen molar-refractivity contribution in [1.29, 1.82) is 0 Å². The molecule has 0 saturated carbocycles. The summed E-state index contributed by atoms with van der Waals surface area (Å²) in [5, 5.41) is 6.38. The number of hydrogen-bond donors (Lipinski definition) is 2. The molecule has 1 heterocycles. The highest BCUT2D eigenvalue weighted by Gasteiger charge is 2.08. The van der Waals surface area contributed by atoms with E-state index in [1.165, 1.54) is 25.4 Å². The molecule has 2 aromatic rings. The van der Waals surface area contributed by atoms with Gasteiger partial charge in [-0.05, 0) is 18.6 Å². The molecule has 0 saturated heterocycles. The van der Waals surface area contributed by atoms with Crippen molar-refractivity contribution in [2.24, 2.45) is 0 Å². The third-order valence-electron chi connectivity index (χ3n) is 2.69. The standard InChI is InChI=1S/C14H16ClFN4O/c1-3-6-17-14-18-8-10(15)13(20-14)19-9-4-5-12(21-2)11(16)7-9/h4-5,7-8H,3,6H2,1-2H3,(H2,17,18,19,20). The minimum Gasteiger partial charge on any atom is -0.494 e. The SMILES string of the molecule is CCCNc1ncc(Cl)c(Nc2ccc(OC)c(F)c2)n1. The molecule has 0 bridgehead atoms. The Labute approximate surface area is 127 Å². The molecule has 5 nitrogen and oxygen atoms in total. The first-order valence-corrected chi connectivity index (χ1v) is 6.88. The molecule has 0 spiro atoms. The van der Waals surface area contributed by atoms with Crippen LogP contribution < -0.4 is 15.4 Å². The van der Waals surface area contributed by atoms with Crippen molar-refractivity contribution >= 4 is 29.1 Å². The number of hydrogen-bond acceptors (Lipinski definition) is 5. The first-order chi connectivity index (χ1) is 10.1. The molecule has 0 aliphatic heterocycles. The van der Waals surface area contributed by atoms with Gasteiger partial charge in [-0.2, -0.15) is 4.98 Å². The lowest BCUT2D eigenvalue weighted by Gasteiger charge is -2.10. The Morgan fingerprint density at radius 2 is 2.19 bits per heavy atom. The van der Waals surface area contributed by atoms with E-state index in [-0.39, 0.29) is 5.75 Å². The number of anilines is 3. The van der Waals surface area contributed by atoms with Gasteiger partial charge in [0.15, 0.2) is 17.4 Å². The maximum Gasteiger partial charge on any atom is 0.224 e. The van der Waals surface area contributed by atoms with Crippen LogP contribution in [-0.4, -0.2) is 23.6 Å². The molecule has 7 heteroatoms. The molecule has 1 aromatic heterocycles. The molecule has 2 N–H and O–H groups in total. The molecule has 0 amide bonds. The van der Waals surface area contributed by atoms with Crippen molar-refractivity contribution in [3.63, 3.8) is 0 Å². The summed E-state index contributed by atoms with van der Waals surface area (Å²) in [6.07, 6.45) is 2.45. The number of benzene rings is 1. The number of methoxy groups -OCH3 is 1. The van der Waals surface area contributed by atoms with E-state index in [1.807, 2.05) is 6.92 Å². The lowest BCUT2D eigenvalue weighted by atomic mass is 10.3. The Hall–Kier alpha value is -2.08. The van der Waals surface area contributed by atoms with Crippen LogP contribution in [0.2, 0.25) is 5.02 Å². The quantitative estimate of drug-likeness (QED) is 0.849. The van der Waals surface area contributed by atoms with Crippen LogP contribution in [0.4, 0.5) is 21.8 Å². The molecule has 0 unspecified atom stereocenters. The fraction of sp³-hybridized carbons (Fsp3) is 0.286. The number of aromatic nitrogens is 2. The van der Waals surface area contributed by atoms with Gasteiger partial charge in [0.2, 0.25) is 5.95 Å². The van der Waals surface area contributed by atoms with Gasteiger partial charge in [-0.25, -0.2) is 9.37 Å². The van der Waals surface area contributed by atoms with Crippen LogP contribution in [0.1, 0.15) is 13.3 Å². The summed E-state index contributed by atoms with van der Waals surface area (Å²) in [6, 6.07) is 4.53. The molecule has 1 aromatic carbocycles. The van der Waals surface area contributed by atoms with Crippen molar-refractivity contribution in [2.75, 3.05) is 24.3 Å². The monoisotopic (exact) mass is 310 g/mol. The average Bonchev–Trinajstić information content (AvgIpc) is 2.48. The number of nitrogens with zero attached hydrogens (tertiary/aromatic N) is 2. The minimum atomic E-state index is -0.461. The van der Waals surface area contributed by atoms with Gasteiger partial charge < -0.3 is 15.4 Å². The van der Waals surface area contributed by atoms with Crippen LogP contribution in [0.3, 0.4) is 0 Å². The van der Waals surface area contributed by atoms with Crippen molar-refractivity contribution in [2.45, 2.75) is 13.3 Å². The third kappa shape index (κ3) is 3.95. The van der Waals surface area contributed by atoms with E-state index in [9.17, 15) is 4.39 Å². The van der Waals surface area contributed by atoms with Crippen LogP contribution >= 0.6 is 11.6 Å². The average molecular weight is 311 g/mol. The summed E-state index contributed by atoms with van der Waals surface area (Å²) in [7, 11) is 1.42. The second kappa shape index (κ2) is 7.08. The van der Waals surface area contributed by atoms with Crippen LogP contribution in [0, 0.1) is 5.82 Å². The fourth-order valence-electron chi connectivity index (χ4n) is 1.66. The smallest absolute Gasteiger partial charge is 0.224 e. The number of halogens is 2. The normalized spacial score (nSPS) is 10.3. The highest BCUT2D eigenvalue weighted by molar-refractivity contribution is 6.32. The van der Waals surface area contributed by atoms with Crippen molar-refractivity contribution in [3.05, 3.63) is 35.2 Å². The lowest BCUT2D eigenvalue weighted by molar-refractivity contribution is 0.386. The molecule has 0 aliphatic carbocycles. The Morgan fingerprint density at radius 1 is 1.38 bits per heavy atom. The zero-order valence-electron chi connectivity index (χ0n) is 11.8. The van der Waals surface area contributed by atoms with Crippen molar-refractivity contribution < 1.29 is 9.13 Å². The highest BCUT2D eigenvalue weighted by atomic mass is 35.5. The van der Waals surface area contributed by atoms with E-state index < -0.39 is 5.82 Å². The predicted molar refractivity (Wildman–Crippen MR) is 82.1 cm³/mol. The van der Waals surface area contributed by atoms with Gasteiger partial charge in [0.05, 0.1) is 13.3 Å². The van der Waals surface area contributed by atoms with Crippen molar-refractivity contribution in [3.8, 4) is 5.75 Å². The Balaban J connectivity index is 2.20. The number of nitrogens with one attached hydrogen (secondary N) is 2. The van der Waals surface area contributed by atoms with Gasteiger partial charge in [-0.15, -0.1) is 0 Å². The van der Waals surface area contributed by atoms with Gasteiger partial charge in [0.1, 0.15) is 5.02 Å². The maximum absolute atomic E-state index is 13.7. The van der Waals surface area contributed by atoms with E-state index in [4.69, 9.17) is 16.3 Å². The zero-order chi connectivity index (χ0) is 15.2. The molecular formula is C14H16ClFN4O. The molecule has 2 rings (SSSR count). The van der Waals surface area contributed by atoms with Crippen molar-refractivity contribution in [1.82, 2.24) is 9.97 Å². The second-order valence-corrected chi connectivity index (χ2v) is 4.70. The summed E-state index contributed by atoms with van der Waals surface area (Å²) in [5.74, 6) is 0.601. The molecule has 112 valence electrons. The van der Waals surface area contributed by atoms with Gasteiger partial charge in [-0.3, -0.25) is 0 Å².